The minimum absolute atomic E-state index is 0.0970. The molecule has 26 heavy (non-hydrogen) atoms. The van der Waals surface area contributed by atoms with Gasteiger partial charge >= 0.3 is 5.97 Å². The lowest BCUT2D eigenvalue weighted by atomic mass is 9.48. The Morgan fingerprint density at radius 2 is 2.00 bits per heavy atom. The molecule has 7 atom stereocenters. The van der Waals surface area contributed by atoms with E-state index in [4.69, 9.17) is 9.47 Å². The Morgan fingerprint density at radius 1 is 1.31 bits per heavy atom. The van der Waals surface area contributed by atoms with Crippen molar-refractivity contribution in [2.75, 3.05) is 5.33 Å². The zero-order valence-corrected chi connectivity index (χ0v) is 17.8. The van der Waals surface area contributed by atoms with Crippen molar-refractivity contribution >= 4 is 43.6 Å². The van der Waals surface area contributed by atoms with Crippen LogP contribution >= 0.6 is 31.9 Å². The molecule has 0 spiro atoms. The van der Waals surface area contributed by atoms with E-state index < -0.39 is 39.6 Å². The molecule has 0 aromatic heterocycles. The molecule has 0 radical (unpaired) electrons. The van der Waals surface area contributed by atoms with E-state index in [0.717, 1.165) is 12.8 Å². The van der Waals surface area contributed by atoms with Gasteiger partial charge < -0.3 is 19.7 Å². The van der Waals surface area contributed by atoms with Crippen molar-refractivity contribution in [2.24, 2.45) is 17.3 Å². The molecule has 2 aliphatic carbocycles. The third kappa shape index (κ3) is 2.10. The summed E-state index contributed by atoms with van der Waals surface area (Å²) in [6, 6.07) is 0. The summed E-state index contributed by atoms with van der Waals surface area (Å²) in [5.74, 6) is -1.77. The number of aliphatic hydroxyl groups excluding tert-OH is 1. The predicted molar refractivity (Wildman–Crippen MR) is 98.6 cm³/mol. The maximum absolute atomic E-state index is 13.6. The van der Waals surface area contributed by atoms with Crippen molar-refractivity contribution in [3.8, 4) is 0 Å². The number of carbonyl (C=O) groups is 2. The Kier molecular flexibility index (Phi) is 4.20. The highest BCUT2D eigenvalue weighted by atomic mass is 79.9. The number of hydrogen-bond acceptors (Lipinski definition) is 6. The molecule has 8 heteroatoms. The van der Waals surface area contributed by atoms with E-state index >= 15 is 0 Å². The quantitative estimate of drug-likeness (QED) is 0.330. The molecule has 2 saturated carbocycles. The fourth-order valence-electron chi connectivity index (χ4n) is 5.46. The molecule has 1 unspecified atom stereocenters. The van der Waals surface area contributed by atoms with Crippen molar-refractivity contribution in [3.63, 3.8) is 0 Å². The highest BCUT2D eigenvalue weighted by Gasteiger charge is 2.70. The second-order valence-electron chi connectivity index (χ2n) is 8.17. The maximum atomic E-state index is 13.6. The second kappa shape index (κ2) is 5.78. The van der Waals surface area contributed by atoms with E-state index in [2.05, 4.69) is 31.9 Å². The van der Waals surface area contributed by atoms with Crippen LogP contribution in [-0.4, -0.2) is 49.6 Å². The van der Waals surface area contributed by atoms with Crippen LogP contribution in [0, 0.1) is 17.3 Å². The average molecular weight is 494 g/mol. The van der Waals surface area contributed by atoms with Gasteiger partial charge in [-0.1, -0.05) is 42.6 Å². The molecule has 0 amide bonds. The first-order chi connectivity index (χ1) is 12.1. The fraction of sp³-hybridized carbons (Fsp3) is 0.778. The van der Waals surface area contributed by atoms with Crippen LogP contribution in [0.3, 0.4) is 0 Å². The molecular formula is C18H22Br2O6. The van der Waals surface area contributed by atoms with Crippen molar-refractivity contribution in [1.29, 1.82) is 0 Å². The Labute approximate surface area is 168 Å². The minimum atomic E-state index is -1.40. The first kappa shape index (κ1) is 18.9. The lowest BCUT2D eigenvalue weighted by molar-refractivity contribution is -0.249. The zero-order valence-electron chi connectivity index (χ0n) is 14.6. The van der Waals surface area contributed by atoms with Crippen LogP contribution in [0.5, 0.6) is 0 Å². The summed E-state index contributed by atoms with van der Waals surface area (Å²) in [6.07, 6.45) is 0.763. The summed E-state index contributed by atoms with van der Waals surface area (Å²) in [7, 11) is 0. The summed E-state index contributed by atoms with van der Waals surface area (Å²) in [5.41, 5.74) is -2.51. The molecular weight excluding hydrogens is 472 g/mol. The lowest BCUT2D eigenvalue weighted by Crippen LogP contribution is -2.69. The second-order valence-corrected chi connectivity index (χ2v) is 10.0. The van der Waals surface area contributed by atoms with Crippen molar-refractivity contribution in [3.05, 3.63) is 11.3 Å². The van der Waals surface area contributed by atoms with E-state index in [1.54, 1.807) is 6.92 Å². The zero-order chi connectivity index (χ0) is 19.1. The van der Waals surface area contributed by atoms with Crippen LogP contribution in [-0.2, 0) is 19.1 Å². The van der Waals surface area contributed by atoms with E-state index in [9.17, 15) is 19.8 Å². The predicted octanol–water partition coefficient (Wildman–Crippen LogP) is 2.19. The molecule has 6 nitrogen and oxygen atoms in total. The van der Waals surface area contributed by atoms with Crippen LogP contribution < -0.4 is 0 Å². The highest BCUT2D eigenvalue weighted by Crippen LogP contribution is 2.60. The number of ketones is 1. The van der Waals surface area contributed by atoms with Crippen LogP contribution in [0.25, 0.3) is 0 Å². The molecule has 4 aliphatic rings. The van der Waals surface area contributed by atoms with E-state index in [1.807, 2.05) is 6.92 Å². The number of ether oxygens (including phenoxy) is 2. The Hall–Kier alpha value is -0.440. The van der Waals surface area contributed by atoms with Gasteiger partial charge in [-0.3, -0.25) is 4.79 Å². The summed E-state index contributed by atoms with van der Waals surface area (Å²) in [5, 5.41) is 22.6. The molecule has 2 fully saturated rings. The molecule has 2 N–H and O–H groups in total. The molecule has 0 aromatic rings. The number of cyclic esters (lactones) is 1. The van der Waals surface area contributed by atoms with Gasteiger partial charge in [0.2, 0.25) is 4.51 Å². The van der Waals surface area contributed by atoms with Gasteiger partial charge in [-0.2, -0.15) is 0 Å². The molecule has 0 aromatic carbocycles. The third-order valence-electron chi connectivity index (χ3n) is 7.08. The van der Waals surface area contributed by atoms with E-state index in [0.29, 0.717) is 12.8 Å². The third-order valence-corrected chi connectivity index (χ3v) is 9.42. The van der Waals surface area contributed by atoms with Gasteiger partial charge in [-0.25, -0.2) is 4.79 Å². The van der Waals surface area contributed by atoms with Gasteiger partial charge in [-0.15, -0.1) is 0 Å². The number of hydrogen-bond donors (Lipinski definition) is 2. The number of esters is 1. The van der Waals surface area contributed by atoms with Crippen LogP contribution in [0.2, 0.25) is 0 Å². The number of carbonyl (C=O) groups excluding carboxylic acids is 2. The average Bonchev–Trinajstić information content (AvgIpc) is 2.82. The topological polar surface area (TPSA) is 93.1 Å². The maximum Gasteiger partial charge on any atom is 0.347 e. The largest absolute Gasteiger partial charge is 0.485 e. The first-order valence-electron chi connectivity index (χ1n) is 8.96. The Morgan fingerprint density at radius 3 is 2.65 bits per heavy atom. The normalized spacial score (nSPS) is 50.5. The number of Topliss-reactive ketones (excluding diaryl/α,β-unsaturated/α-hetero) is 1. The van der Waals surface area contributed by atoms with Crippen molar-refractivity contribution in [1.82, 2.24) is 0 Å². The fourth-order valence-corrected chi connectivity index (χ4v) is 6.27. The number of fused-ring (bicyclic) bond motifs is 4. The lowest BCUT2D eigenvalue weighted by Gasteiger charge is -2.59. The number of rotatable bonds is 1. The van der Waals surface area contributed by atoms with Crippen molar-refractivity contribution < 1.29 is 29.3 Å². The Balaban J connectivity index is 1.94. The Bertz CT molecular complexity index is 722. The smallest absolute Gasteiger partial charge is 0.347 e. The van der Waals surface area contributed by atoms with E-state index in [1.165, 1.54) is 0 Å². The summed E-state index contributed by atoms with van der Waals surface area (Å²) in [6.45, 7) is 3.66. The van der Waals surface area contributed by atoms with Gasteiger partial charge in [-0.05, 0) is 28.8 Å². The molecule has 2 aliphatic heterocycles. The number of alkyl halides is 2. The minimum Gasteiger partial charge on any atom is -0.485 e. The van der Waals surface area contributed by atoms with Crippen LogP contribution in [0.4, 0.5) is 0 Å². The van der Waals surface area contributed by atoms with Crippen LogP contribution in [0.1, 0.15) is 39.5 Å². The van der Waals surface area contributed by atoms with Gasteiger partial charge in [0.25, 0.3) is 0 Å². The van der Waals surface area contributed by atoms with Crippen LogP contribution in [0.15, 0.2) is 11.3 Å². The summed E-state index contributed by atoms with van der Waals surface area (Å²) < 4.78 is 10.2. The van der Waals surface area contributed by atoms with Crippen molar-refractivity contribution in [2.45, 2.75) is 61.9 Å². The van der Waals surface area contributed by atoms with Gasteiger partial charge in [0, 0.05) is 17.3 Å². The highest BCUT2D eigenvalue weighted by molar-refractivity contribution is 9.12. The first-order valence-corrected chi connectivity index (χ1v) is 10.9. The molecule has 2 heterocycles. The molecule has 4 rings (SSSR count). The standard InChI is InChI=1S/C18H22Br2O6/c1-8-11-13(22)17(24)6-4-3-5-9(17)16(8,2)12(21)10-14(25-11)18(20,7-19)26-15(10)23/h8-9,11,13,22,24H,3-7H2,1-2H3/t8-,9+,11+,13-,16-,17+,18?/m1/s1. The summed E-state index contributed by atoms with van der Waals surface area (Å²) >= 11 is 6.66. The molecule has 2 bridgehead atoms. The monoisotopic (exact) mass is 492 g/mol. The van der Waals surface area contributed by atoms with E-state index in [-0.39, 0.29) is 28.4 Å². The summed E-state index contributed by atoms with van der Waals surface area (Å²) in [4.78, 5) is 26.2. The molecule has 144 valence electrons. The number of aliphatic hydroxyl groups is 2. The SMILES string of the molecule is C[C@@H]1[C@@H]2OC3=C(C(=O)OC3(Br)CBr)C(=O)[C@@]1(C)[C@@H]1CCCC[C@@]1(O)[C@@H]2O. The van der Waals surface area contributed by atoms with Gasteiger partial charge in [0.1, 0.15) is 17.8 Å². The van der Waals surface area contributed by atoms with Gasteiger partial charge in [0.15, 0.2) is 11.5 Å². The molecule has 0 saturated heterocycles. The number of halogens is 2. The van der Waals surface area contributed by atoms with Gasteiger partial charge in [0.05, 0.1) is 10.9 Å².